The van der Waals surface area contributed by atoms with Gasteiger partial charge in [-0.25, -0.2) is 4.39 Å². The smallest absolute Gasteiger partial charge is 0.416 e. The topological polar surface area (TPSA) is 81.8 Å². The van der Waals surface area contributed by atoms with Crippen LogP contribution in [0.5, 0.6) is 0 Å². The normalized spacial score (nSPS) is 18.4. The summed E-state index contributed by atoms with van der Waals surface area (Å²) >= 11 is 0. The van der Waals surface area contributed by atoms with Crippen LogP contribution in [-0.2, 0) is 17.1 Å². The van der Waals surface area contributed by atoms with E-state index in [2.05, 4.69) is 5.32 Å². The number of nitrogens with two attached hydrogens (primary N) is 1. The minimum atomic E-state index is -4.83. The molecular weight excluding hydrogens is 593 g/mol. The molecule has 4 N–H and O–H groups in total. The summed E-state index contributed by atoms with van der Waals surface area (Å²) in [5.41, 5.74) is 3.84. The second-order valence-electron chi connectivity index (χ2n) is 11.2. The minimum absolute atomic E-state index is 0.0145. The molecule has 238 valence electrons. The molecule has 1 heterocycles. The average molecular weight is 627 g/mol. The first kappa shape index (κ1) is 32.9. The zero-order valence-electron chi connectivity index (χ0n) is 24.2. The predicted octanol–water partition coefficient (Wildman–Crippen LogP) is 7.27. The number of rotatable bonds is 8. The maximum absolute atomic E-state index is 14.6. The van der Waals surface area contributed by atoms with E-state index in [1.54, 1.807) is 4.90 Å². The Morgan fingerprint density at radius 2 is 1.68 bits per heavy atom. The van der Waals surface area contributed by atoms with Crippen molar-refractivity contribution in [3.8, 4) is 0 Å². The molecule has 6 nitrogen and oxygen atoms in total. The summed E-state index contributed by atoms with van der Waals surface area (Å²) in [4.78, 5) is 14.9. The van der Waals surface area contributed by atoms with Crippen LogP contribution in [0, 0.1) is 11.7 Å². The van der Waals surface area contributed by atoms with Gasteiger partial charge in [0.2, 0.25) is 0 Å². The summed E-state index contributed by atoms with van der Waals surface area (Å²) in [6.07, 6.45) is -10.1. The Hall–Kier alpha value is -4.00. The van der Waals surface area contributed by atoms with Gasteiger partial charge in [0.15, 0.2) is 0 Å². The van der Waals surface area contributed by atoms with Gasteiger partial charge in [0, 0.05) is 48.7 Å². The van der Waals surface area contributed by atoms with Crippen LogP contribution in [0.1, 0.15) is 54.6 Å². The minimum Gasteiger partial charge on any atom is -0.481 e. The second kappa shape index (κ2) is 12.5. The Morgan fingerprint density at radius 1 is 1.02 bits per heavy atom. The number of alkyl halides is 6. The molecule has 1 aliphatic rings. The number of benzene rings is 3. The van der Waals surface area contributed by atoms with E-state index in [0.717, 1.165) is 24.3 Å². The molecule has 0 spiro atoms. The van der Waals surface area contributed by atoms with Crippen LogP contribution in [-0.4, -0.2) is 37.3 Å². The fourth-order valence-corrected chi connectivity index (χ4v) is 5.67. The van der Waals surface area contributed by atoms with Gasteiger partial charge < -0.3 is 26.0 Å². The van der Waals surface area contributed by atoms with E-state index in [-0.39, 0.29) is 47.2 Å². The van der Waals surface area contributed by atoms with Crippen LogP contribution in [0.4, 0.5) is 47.8 Å². The first-order chi connectivity index (χ1) is 20.5. The molecule has 3 aromatic rings. The van der Waals surface area contributed by atoms with Gasteiger partial charge in [-0.15, -0.1) is 0 Å². The molecule has 4 rings (SSSR count). The van der Waals surface area contributed by atoms with Gasteiger partial charge in [0.1, 0.15) is 5.82 Å². The fourth-order valence-electron chi connectivity index (χ4n) is 5.67. The summed E-state index contributed by atoms with van der Waals surface area (Å²) in [6, 6.07) is 9.35. The van der Waals surface area contributed by atoms with Gasteiger partial charge in [-0.3, -0.25) is 4.79 Å². The standard InChI is InChI=1S/C31H33F7N4O2/c1-17(2)23-15-42(19-8-4-7-18(13-19)30(33,34)35)16-24(40-23)28-21(31(36,37)38)10-6-12-25(28)41(3)26(14-27(43)44)20-9-5-11-22(32)29(20)39/h4-13,17,23-24,26,40H,14-16,39H2,1-3H3,(H,43,44). The van der Waals surface area contributed by atoms with E-state index in [4.69, 9.17) is 5.73 Å². The van der Waals surface area contributed by atoms with Crippen molar-refractivity contribution in [1.82, 2.24) is 5.32 Å². The number of hydrogen-bond donors (Lipinski definition) is 3. The van der Waals surface area contributed by atoms with Crippen molar-refractivity contribution in [2.45, 2.75) is 50.7 Å². The quantitative estimate of drug-likeness (QED) is 0.180. The van der Waals surface area contributed by atoms with E-state index >= 15 is 0 Å². The van der Waals surface area contributed by atoms with Crippen LogP contribution >= 0.6 is 0 Å². The van der Waals surface area contributed by atoms with Crippen LogP contribution in [0.2, 0.25) is 0 Å². The lowest BCUT2D eigenvalue weighted by molar-refractivity contribution is -0.139. The molecule has 3 unspecified atom stereocenters. The van der Waals surface area contributed by atoms with Gasteiger partial charge >= 0.3 is 18.3 Å². The van der Waals surface area contributed by atoms with Gasteiger partial charge in [0.25, 0.3) is 0 Å². The van der Waals surface area contributed by atoms with Crippen LogP contribution in [0.25, 0.3) is 0 Å². The molecule has 3 atom stereocenters. The van der Waals surface area contributed by atoms with E-state index in [9.17, 15) is 40.6 Å². The van der Waals surface area contributed by atoms with Gasteiger partial charge in [0.05, 0.1) is 35.3 Å². The summed E-state index contributed by atoms with van der Waals surface area (Å²) in [6.45, 7) is 3.81. The van der Waals surface area contributed by atoms with Crippen molar-refractivity contribution >= 4 is 23.0 Å². The lowest BCUT2D eigenvalue weighted by Gasteiger charge is -2.44. The summed E-state index contributed by atoms with van der Waals surface area (Å²) in [5, 5.41) is 13.0. The average Bonchev–Trinajstić information content (AvgIpc) is 2.95. The number of anilines is 3. The van der Waals surface area contributed by atoms with Crippen molar-refractivity contribution in [1.29, 1.82) is 0 Å². The van der Waals surface area contributed by atoms with Crippen molar-refractivity contribution in [3.63, 3.8) is 0 Å². The van der Waals surface area contributed by atoms with Crippen LogP contribution in [0.3, 0.4) is 0 Å². The molecule has 0 aromatic heterocycles. The Labute approximate surface area is 250 Å². The van der Waals surface area contributed by atoms with Crippen LogP contribution < -0.4 is 20.9 Å². The van der Waals surface area contributed by atoms with Crippen molar-refractivity contribution in [2.75, 3.05) is 35.7 Å². The Kier molecular flexibility index (Phi) is 9.38. The molecular formula is C31H33F7N4O2. The summed E-state index contributed by atoms with van der Waals surface area (Å²) in [7, 11) is 1.41. The summed E-state index contributed by atoms with van der Waals surface area (Å²) in [5.74, 6) is -2.20. The third-order valence-corrected chi connectivity index (χ3v) is 7.98. The number of piperazine rings is 1. The lowest BCUT2D eigenvalue weighted by Crippen LogP contribution is -2.55. The number of carbonyl (C=O) groups is 1. The number of nitrogens with zero attached hydrogens (tertiary/aromatic N) is 2. The number of aliphatic carboxylic acids is 1. The Bertz CT molecular complexity index is 1490. The number of halogens is 7. The van der Waals surface area contributed by atoms with E-state index in [1.165, 1.54) is 48.3 Å². The Morgan fingerprint density at radius 3 is 2.30 bits per heavy atom. The van der Waals surface area contributed by atoms with E-state index < -0.39 is 59.8 Å². The Balaban J connectivity index is 1.88. The van der Waals surface area contributed by atoms with E-state index in [1.807, 2.05) is 13.8 Å². The molecule has 0 aliphatic carbocycles. The number of carboxylic acids is 1. The third-order valence-electron chi connectivity index (χ3n) is 7.98. The molecule has 0 saturated carbocycles. The number of nitrogens with one attached hydrogen (secondary N) is 1. The fraction of sp³-hybridized carbons (Fsp3) is 0.387. The molecule has 44 heavy (non-hydrogen) atoms. The molecule has 1 fully saturated rings. The SMILES string of the molecule is CC(C)C1CN(c2cccc(C(F)(F)F)c2)CC(c2c(N(C)C(CC(=O)O)c3cccc(F)c3N)cccc2C(F)(F)F)N1. The van der Waals surface area contributed by atoms with Gasteiger partial charge in [-0.1, -0.05) is 38.1 Å². The highest BCUT2D eigenvalue weighted by molar-refractivity contribution is 5.71. The molecule has 0 amide bonds. The molecule has 0 radical (unpaired) electrons. The zero-order valence-corrected chi connectivity index (χ0v) is 24.2. The third kappa shape index (κ3) is 7.03. The monoisotopic (exact) mass is 626 g/mol. The highest BCUT2D eigenvalue weighted by Crippen LogP contribution is 2.44. The number of carboxylic acid groups (broad SMARTS) is 1. The maximum Gasteiger partial charge on any atom is 0.416 e. The van der Waals surface area contributed by atoms with Crippen LogP contribution in [0.15, 0.2) is 60.7 Å². The number of nitrogen functional groups attached to an aromatic ring is 1. The van der Waals surface area contributed by atoms with Crippen molar-refractivity contribution in [3.05, 3.63) is 88.7 Å². The zero-order chi connectivity index (χ0) is 32.6. The highest BCUT2D eigenvalue weighted by Gasteiger charge is 2.41. The van der Waals surface area contributed by atoms with Gasteiger partial charge in [-0.2, -0.15) is 26.3 Å². The molecule has 1 saturated heterocycles. The predicted molar refractivity (Wildman–Crippen MR) is 154 cm³/mol. The van der Waals surface area contributed by atoms with Crippen molar-refractivity contribution < 1.29 is 40.6 Å². The molecule has 13 heteroatoms. The summed E-state index contributed by atoms with van der Waals surface area (Å²) < 4.78 is 98.9. The first-order valence-electron chi connectivity index (χ1n) is 13.9. The molecule has 1 aliphatic heterocycles. The molecule has 3 aromatic carbocycles. The molecule has 0 bridgehead atoms. The van der Waals surface area contributed by atoms with E-state index in [0.29, 0.717) is 0 Å². The largest absolute Gasteiger partial charge is 0.481 e. The van der Waals surface area contributed by atoms with Crippen molar-refractivity contribution in [2.24, 2.45) is 5.92 Å². The maximum atomic E-state index is 14.6. The number of hydrogen-bond acceptors (Lipinski definition) is 5. The van der Waals surface area contributed by atoms with Gasteiger partial charge in [-0.05, 0) is 42.3 Å². The highest BCUT2D eigenvalue weighted by atomic mass is 19.4. The lowest BCUT2D eigenvalue weighted by atomic mass is 9.90. The number of para-hydroxylation sites is 1. The first-order valence-corrected chi connectivity index (χ1v) is 13.9. The second-order valence-corrected chi connectivity index (χ2v) is 11.2.